The summed E-state index contributed by atoms with van der Waals surface area (Å²) in [6.07, 6.45) is 1.75. The number of hydrogen-bond donors (Lipinski definition) is 1. The fourth-order valence-electron chi connectivity index (χ4n) is 3.65. The molecule has 0 fully saturated rings. The average Bonchev–Trinajstić information content (AvgIpc) is 3.12. The molecule has 4 nitrogen and oxygen atoms in total. The maximum absolute atomic E-state index is 12.8. The van der Waals surface area contributed by atoms with Crippen molar-refractivity contribution in [3.63, 3.8) is 0 Å². The van der Waals surface area contributed by atoms with Crippen molar-refractivity contribution in [3.8, 4) is 11.1 Å². The predicted molar refractivity (Wildman–Crippen MR) is 97.4 cm³/mol. The van der Waals surface area contributed by atoms with Crippen LogP contribution >= 0.6 is 0 Å². The molecule has 116 valence electrons. The normalized spacial score (nSPS) is 13.2. The molecule has 0 spiro atoms. The van der Waals surface area contributed by atoms with Gasteiger partial charge < -0.3 is 5.32 Å². The van der Waals surface area contributed by atoms with Crippen molar-refractivity contribution in [1.29, 1.82) is 0 Å². The van der Waals surface area contributed by atoms with E-state index in [4.69, 9.17) is 0 Å². The van der Waals surface area contributed by atoms with Crippen LogP contribution in [0.2, 0.25) is 0 Å². The fraction of sp³-hybridized carbons (Fsp3) is 0.100. The molecule has 0 radical (unpaired) electrons. The number of anilines is 1. The third-order valence-corrected chi connectivity index (χ3v) is 4.71. The van der Waals surface area contributed by atoms with Crippen molar-refractivity contribution in [2.45, 2.75) is 6.54 Å². The largest absolute Gasteiger partial charge is 0.369 e. The summed E-state index contributed by atoms with van der Waals surface area (Å²) < 4.78 is 1.83. The Kier molecular flexibility index (Phi) is 2.73. The summed E-state index contributed by atoms with van der Waals surface area (Å²) in [5.41, 5.74) is 2.91. The molecule has 1 aliphatic heterocycles. The number of rotatable bonds is 1. The quantitative estimate of drug-likeness (QED) is 0.583. The highest BCUT2D eigenvalue weighted by Crippen LogP contribution is 2.38. The molecule has 0 amide bonds. The lowest BCUT2D eigenvalue weighted by Crippen LogP contribution is -2.19. The van der Waals surface area contributed by atoms with E-state index in [1.54, 1.807) is 6.20 Å². The van der Waals surface area contributed by atoms with E-state index < -0.39 is 0 Å². The highest BCUT2D eigenvalue weighted by Gasteiger charge is 2.22. The second kappa shape index (κ2) is 4.93. The van der Waals surface area contributed by atoms with Crippen LogP contribution in [0.3, 0.4) is 0 Å². The number of hydrogen-bond acceptors (Lipinski definition) is 3. The molecule has 24 heavy (non-hydrogen) atoms. The van der Waals surface area contributed by atoms with E-state index in [2.05, 4.69) is 40.6 Å². The third-order valence-electron chi connectivity index (χ3n) is 4.71. The zero-order valence-corrected chi connectivity index (χ0v) is 13.0. The van der Waals surface area contributed by atoms with Crippen molar-refractivity contribution in [2.24, 2.45) is 0 Å². The number of aromatic nitrogens is 2. The summed E-state index contributed by atoms with van der Waals surface area (Å²) in [4.78, 5) is 17.3. The molecule has 2 aromatic carbocycles. The summed E-state index contributed by atoms with van der Waals surface area (Å²) in [5.74, 6) is 0.877. The Balaban J connectivity index is 2.00. The zero-order valence-electron chi connectivity index (χ0n) is 13.0. The molecule has 2 aromatic heterocycles. The van der Waals surface area contributed by atoms with Crippen LogP contribution in [0.25, 0.3) is 32.8 Å². The van der Waals surface area contributed by atoms with Crippen LogP contribution in [0, 0.1) is 0 Å². The van der Waals surface area contributed by atoms with Crippen LogP contribution in [-0.4, -0.2) is 16.1 Å². The van der Waals surface area contributed by atoms with Gasteiger partial charge in [0.1, 0.15) is 5.82 Å². The van der Waals surface area contributed by atoms with Gasteiger partial charge in [0.05, 0.1) is 10.9 Å². The van der Waals surface area contributed by atoms with Gasteiger partial charge in [0, 0.05) is 24.8 Å². The first kappa shape index (κ1) is 13.3. The van der Waals surface area contributed by atoms with Crippen LogP contribution in [0.5, 0.6) is 0 Å². The second-order valence-electron chi connectivity index (χ2n) is 6.03. The van der Waals surface area contributed by atoms with Gasteiger partial charge in [-0.15, -0.1) is 0 Å². The SMILES string of the molecule is O=c1c2cccnc2c(-c2cccc3ccccc23)c2n1CCN2. The van der Waals surface area contributed by atoms with Crippen LogP contribution in [0.1, 0.15) is 0 Å². The Morgan fingerprint density at radius 1 is 0.958 bits per heavy atom. The lowest BCUT2D eigenvalue weighted by Gasteiger charge is -2.15. The average molecular weight is 313 g/mol. The number of nitrogens with one attached hydrogen (secondary N) is 1. The third kappa shape index (κ3) is 1.74. The van der Waals surface area contributed by atoms with Crippen molar-refractivity contribution >= 4 is 27.5 Å². The summed E-state index contributed by atoms with van der Waals surface area (Å²) in [6, 6.07) is 18.3. The van der Waals surface area contributed by atoms with E-state index in [0.717, 1.165) is 29.0 Å². The summed E-state index contributed by atoms with van der Waals surface area (Å²) in [6.45, 7) is 1.46. The van der Waals surface area contributed by atoms with Crippen molar-refractivity contribution in [3.05, 3.63) is 71.1 Å². The summed E-state index contributed by atoms with van der Waals surface area (Å²) >= 11 is 0. The predicted octanol–water partition coefficient (Wildman–Crippen LogP) is 3.64. The molecule has 3 heterocycles. The maximum Gasteiger partial charge on any atom is 0.261 e. The summed E-state index contributed by atoms with van der Waals surface area (Å²) in [7, 11) is 0. The molecule has 0 saturated heterocycles. The molecule has 1 aliphatic rings. The highest BCUT2D eigenvalue weighted by atomic mass is 16.1. The number of benzene rings is 2. The molecule has 1 N–H and O–H groups in total. The van der Waals surface area contributed by atoms with Gasteiger partial charge in [0.25, 0.3) is 5.56 Å². The van der Waals surface area contributed by atoms with Gasteiger partial charge in [-0.05, 0) is 28.5 Å². The van der Waals surface area contributed by atoms with Gasteiger partial charge in [-0.25, -0.2) is 0 Å². The molecule has 0 unspecified atom stereocenters. The minimum Gasteiger partial charge on any atom is -0.369 e. The van der Waals surface area contributed by atoms with E-state index in [1.165, 1.54) is 10.8 Å². The van der Waals surface area contributed by atoms with E-state index in [9.17, 15) is 4.79 Å². The minimum absolute atomic E-state index is 0.0297. The first-order valence-electron chi connectivity index (χ1n) is 8.08. The Morgan fingerprint density at radius 2 is 1.79 bits per heavy atom. The van der Waals surface area contributed by atoms with E-state index in [-0.39, 0.29) is 5.56 Å². The standard InChI is InChI=1S/C20H15N3O/c24-20-16-9-4-10-21-18(16)17(19-22-11-12-23(19)20)15-8-3-6-13-5-1-2-7-14(13)15/h1-10,22H,11-12H2. The van der Waals surface area contributed by atoms with Crippen LogP contribution in [-0.2, 0) is 6.54 Å². The zero-order chi connectivity index (χ0) is 16.1. The first-order valence-corrected chi connectivity index (χ1v) is 8.08. The highest BCUT2D eigenvalue weighted by molar-refractivity contribution is 6.07. The number of pyridine rings is 2. The van der Waals surface area contributed by atoms with Crippen molar-refractivity contribution in [1.82, 2.24) is 9.55 Å². The van der Waals surface area contributed by atoms with Gasteiger partial charge in [0.15, 0.2) is 0 Å². The fourth-order valence-corrected chi connectivity index (χ4v) is 3.65. The summed E-state index contributed by atoms with van der Waals surface area (Å²) in [5, 5.41) is 6.41. The lowest BCUT2D eigenvalue weighted by molar-refractivity contribution is 0.780. The second-order valence-corrected chi connectivity index (χ2v) is 6.03. The molecule has 0 atom stereocenters. The van der Waals surface area contributed by atoms with E-state index >= 15 is 0 Å². The Morgan fingerprint density at radius 3 is 2.75 bits per heavy atom. The molecule has 0 aliphatic carbocycles. The Bertz CT molecular complexity index is 1160. The molecule has 0 saturated carbocycles. The molecular weight excluding hydrogens is 298 g/mol. The Labute approximate surface area is 138 Å². The molecular formula is C20H15N3O. The topological polar surface area (TPSA) is 46.9 Å². The Hall–Kier alpha value is -3.14. The number of nitrogens with zero attached hydrogens (tertiary/aromatic N) is 2. The van der Waals surface area contributed by atoms with E-state index in [0.29, 0.717) is 11.9 Å². The molecule has 4 heteroatoms. The van der Waals surface area contributed by atoms with Gasteiger partial charge in [-0.3, -0.25) is 14.3 Å². The van der Waals surface area contributed by atoms with Crippen LogP contribution < -0.4 is 10.9 Å². The molecule has 5 rings (SSSR count). The van der Waals surface area contributed by atoms with E-state index in [1.807, 2.05) is 28.8 Å². The molecule has 4 aromatic rings. The van der Waals surface area contributed by atoms with Gasteiger partial charge in [0.2, 0.25) is 0 Å². The van der Waals surface area contributed by atoms with Gasteiger partial charge in [-0.1, -0.05) is 42.5 Å². The number of fused-ring (bicyclic) bond motifs is 3. The maximum atomic E-state index is 12.8. The lowest BCUT2D eigenvalue weighted by atomic mass is 9.97. The monoisotopic (exact) mass is 313 g/mol. The van der Waals surface area contributed by atoms with Crippen molar-refractivity contribution in [2.75, 3.05) is 11.9 Å². The van der Waals surface area contributed by atoms with Gasteiger partial charge in [-0.2, -0.15) is 0 Å². The molecule has 0 bridgehead atoms. The smallest absolute Gasteiger partial charge is 0.261 e. The van der Waals surface area contributed by atoms with Crippen LogP contribution in [0.4, 0.5) is 5.82 Å². The minimum atomic E-state index is 0.0297. The van der Waals surface area contributed by atoms with Gasteiger partial charge >= 0.3 is 0 Å². The van der Waals surface area contributed by atoms with Crippen molar-refractivity contribution < 1.29 is 0 Å². The first-order chi connectivity index (χ1) is 11.8. The van der Waals surface area contributed by atoms with Crippen LogP contribution in [0.15, 0.2) is 65.6 Å².